The van der Waals surface area contributed by atoms with Gasteiger partial charge in [-0.25, -0.2) is 4.98 Å². The van der Waals surface area contributed by atoms with Gasteiger partial charge < -0.3 is 4.42 Å². The van der Waals surface area contributed by atoms with Gasteiger partial charge in [-0.2, -0.15) is 10.2 Å². The largest absolute Gasteiger partial charge is 0.462 e. The molecule has 0 aromatic carbocycles. The Hall–Kier alpha value is -2.89. The zero-order chi connectivity index (χ0) is 13.5. The topological polar surface area (TPSA) is 72.5 Å². The summed E-state index contributed by atoms with van der Waals surface area (Å²) < 4.78 is 7.32. The molecular formula is C14H11N5O. The zero-order valence-corrected chi connectivity index (χ0v) is 10.7. The Kier molecular flexibility index (Phi) is 2.23. The van der Waals surface area contributed by atoms with Crippen LogP contribution < -0.4 is 0 Å². The molecule has 0 atom stereocenters. The van der Waals surface area contributed by atoms with Crippen LogP contribution in [0.1, 0.15) is 0 Å². The molecule has 0 saturated carbocycles. The van der Waals surface area contributed by atoms with E-state index < -0.39 is 0 Å². The van der Waals surface area contributed by atoms with Crippen molar-refractivity contribution in [3.8, 4) is 22.4 Å². The van der Waals surface area contributed by atoms with Crippen LogP contribution in [0.25, 0.3) is 33.5 Å². The van der Waals surface area contributed by atoms with Crippen molar-refractivity contribution in [2.75, 3.05) is 0 Å². The second kappa shape index (κ2) is 4.06. The maximum Gasteiger partial charge on any atom is 0.153 e. The van der Waals surface area contributed by atoms with Crippen LogP contribution in [-0.2, 0) is 7.05 Å². The number of aryl methyl sites for hydroxylation is 1. The van der Waals surface area contributed by atoms with Crippen molar-refractivity contribution >= 4 is 11.1 Å². The lowest BCUT2D eigenvalue weighted by molar-refractivity contribution is 0.616. The molecule has 0 fully saturated rings. The fourth-order valence-electron chi connectivity index (χ4n) is 2.23. The molecule has 4 aromatic heterocycles. The highest BCUT2D eigenvalue weighted by Crippen LogP contribution is 2.30. The summed E-state index contributed by atoms with van der Waals surface area (Å²) in [4.78, 5) is 4.67. The minimum atomic E-state index is 0.760. The SMILES string of the molecule is Cn1cc(-c2coc3ccc(-c4cn[nH]c4)nc23)cn1. The van der Waals surface area contributed by atoms with Crippen molar-refractivity contribution < 1.29 is 4.42 Å². The molecule has 0 bridgehead atoms. The summed E-state index contributed by atoms with van der Waals surface area (Å²) in [6, 6.07) is 3.84. The first kappa shape index (κ1) is 11.0. The number of pyridine rings is 1. The van der Waals surface area contributed by atoms with Crippen molar-refractivity contribution in [1.29, 1.82) is 0 Å². The number of nitrogens with one attached hydrogen (secondary N) is 1. The Bertz CT molecular complexity index is 872. The second-order valence-corrected chi connectivity index (χ2v) is 4.58. The van der Waals surface area contributed by atoms with Gasteiger partial charge in [-0.15, -0.1) is 0 Å². The monoisotopic (exact) mass is 265 g/mol. The highest BCUT2D eigenvalue weighted by atomic mass is 16.3. The number of furan rings is 1. The Morgan fingerprint density at radius 1 is 1.20 bits per heavy atom. The minimum absolute atomic E-state index is 0.760. The molecule has 98 valence electrons. The highest BCUT2D eigenvalue weighted by molar-refractivity contribution is 5.91. The van der Waals surface area contributed by atoms with Crippen LogP contribution in [0, 0.1) is 0 Å². The molecule has 1 N–H and O–H groups in total. The van der Waals surface area contributed by atoms with E-state index in [1.54, 1.807) is 23.3 Å². The van der Waals surface area contributed by atoms with Crippen molar-refractivity contribution in [1.82, 2.24) is 25.0 Å². The van der Waals surface area contributed by atoms with E-state index in [4.69, 9.17) is 4.42 Å². The molecule has 0 unspecified atom stereocenters. The van der Waals surface area contributed by atoms with Crippen LogP contribution in [0.15, 0.2) is 47.6 Å². The minimum Gasteiger partial charge on any atom is -0.462 e. The molecule has 20 heavy (non-hydrogen) atoms. The van der Waals surface area contributed by atoms with Gasteiger partial charge in [-0.05, 0) is 12.1 Å². The lowest BCUT2D eigenvalue weighted by Gasteiger charge is -1.97. The van der Waals surface area contributed by atoms with Gasteiger partial charge in [0, 0.05) is 36.1 Å². The second-order valence-electron chi connectivity index (χ2n) is 4.58. The summed E-state index contributed by atoms with van der Waals surface area (Å²) in [7, 11) is 1.89. The van der Waals surface area contributed by atoms with Crippen LogP contribution in [0.5, 0.6) is 0 Å². The van der Waals surface area contributed by atoms with Gasteiger partial charge in [0.15, 0.2) is 5.58 Å². The zero-order valence-electron chi connectivity index (χ0n) is 10.7. The molecule has 4 rings (SSSR count). The Balaban J connectivity index is 1.92. The number of nitrogens with zero attached hydrogens (tertiary/aromatic N) is 4. The number of fused-ring (bicyclic) bond motifs is 1. The van der Waals surface area contributed by atoms with Crippen LogP contribution in [-0.4, -0.2) is 25.0 Å². The molecule has 0 saturated heterocycles. The molecule has 0 spiro atoms. The van der Waals surface area contributed by atoms with E-state index in [9.17, 15) is 0 Å². The van der Waals surface area contributed by atoms with Crippen molar-refractivity contribution in [2.45, 2.75) is 0 Å². The molecule has 0 aliphatic rings. The first-order valence-corrected chi connectivity index (χ1v) is 6.18. The van der Waals surface area contributed by atoms with E-state index in [1.165, 1.54) is 0 Å². The van der Waals surface area contributed by atoms with Crippen LogP contribution in [0.2, 0.25) is 0 Å². The van der Waals surface area contributed by atoms with E-state index in [1.807, 2.05) is 31.6 Å². The van der Waals surface area contributed by atoms with Gasteiger partial charge in [-0.3, -0.25) is 9.78 Å². The van der Waals surface area contributed by atoms with Crippen LogP contribution >= 0.6 is 0 Å². The van der Waals surface area contributed by atoms with Gasteiger partial charge in [0.05, 0.1) is 18.1 Å². The van der Waals surface area contributed by atoms with Crippen LogP contribution in [0.3, 0.4) is 0 Å². The third kappa shape index (κ3) is 1.62. The van der Waals surface area contributed by atoms with Gasteiger partial charge in [0.2, 0.25) is 0 Å². The van der Waals surface area contributed by atoms with E-state index in [0.717, 1.165) is 33.5 Å². The highest BCUT2D eigenvalue weighted by Gasteiger charge is 2.12. The first-order chi connectivity index (χ1) is 9.81. The third-order valence-corrected chi connectivity index (χ3v) is 3.23. The maximum absolute atomic E-state index is 5.56. The lowest BCUT2D eigenvalue weighted by Crippen LogP contribution is -1.84. The Morgan fingerprint density at radius 2 is 2.15 bits per heavy atom. The molecule has 0 amide bonds. The summed E-state index contributed by atoms with van der Waals surface area (Å²) in [5, 5.41) is 10.9. The van der Waals surface area contributed by atoms with Crippen LogP contribution in [0.4, 0.5) is 0 Å². The van der Waals surface area contributed by atoms with E-state index in [2.05, 4.69) is 20.3 Å². The summed E-state index contributed by atoms with van der Waals surface area (Å²) >= 11 is 0. The lowest BCUT2D eigenvalue weighted by atomic mass is 10.1. The van der Waals surface area contributed by atoms with Gasteiger partial charge >= 0.3 is 0 Å². The summed E-state index contributed by atoms with van der Waals surface area (Å²) in [6.45, 7) is 0. The molecule has 6 nitrogen and oxygen atoms in total. The van der Waals surface area contributed by atoms with Gasteiger partial charge in [-0.1, -0.05) is 0 Å². The average molecular weight is 265 g/mol. The number of hydrogen-bond acceptors (Lipinski definition) is 4. The van der Waals surface area contributed by atoms with Crippen molar-refractivity contribution in [3.63, 3.8) is 0 Å². The maximum atomic E-state index is 5.56. The first-order valence-electron chi connectivity index (χ1n) is 6.18. The van der Waals surface area contributed by atoms with Gasteiger partial charge in [0.1, 0.15) is 11.8 Å². The predicted molar refractivity (Wildman–Crippen MR) is 73.8 cm³/mol. The Labute approximate surface area is 114 Å². The quantitative estimate of drug-likeness (QED) is 0.604. The molecule has 0 aliphatic carbocycles. The fraction of sp³-hybridized carbons (Fsp3) is 0.0714. The average Bonchev–Trinajstić information content (AvgIpc) is 3.17. The number of H-pyrrole nitrogens is 1. The predicted octanol–water partition coefficient (Wildman–Crippen LogP) is 2.62. The van der Waals surface area contributed by atoms with E-state index in [0.29, 0.717) is 0 Å². The van der Waals surface area contributed by atoms with E-state index in [-0.39, 0.29) is 0 Å². The van der Waals surface area contributed by atoms with Crippen molar-refractivity contribution in [3.05, 3.63) is 43.2 Å². The molecule has 0 aliphatic heterocycles. The normalized spacial score (nSPS) is 11.2. The molecular weight excluding hydrogens is 254 g/mol. The summed E-state index contributed by atoms with van der Waals surface area (Å²) in [5.74, 6) is 0. The number of aromatic amines is 1. The Morgan fingerprint density at radius 3 is 2.90 bits per heavy atom. The number of aromatic nitrogens is 5. The summed E-state index contributed by atoms with van der Waals surface area (Å²) in [6.07, 6.45) is 9.02. The number of rotatable bonds is 2. The number of hydrogen-bond donors (Lipinski definition) is 1. The van der Waals surface area contributed by atoms with Crippen molar-refractivity contribution in [2.24, 2.45) is 7.05 Å². The van der Waals surface area contributed by atoms with E-state index >= 15 is 0 Å². The fourth-order valence-corrected chi connectivity index (χ4v) is 2.23. The summed E-state index contributed by atoms with van der Waals surface area (Å²) in [5.41, 5.74) is 5.33. The third-order valence-electron chi connectivity index (χ3n) is 3.23. The van der Waals surface area contributed by atoms with Gasteiger partial charge in [0.25, 0.3) is 0 Å². The molecule has 6 heteroatoms. The molecule has 4 heterocycles. The molecule has 4 aromatic rings. The standard InChI is InChI=1S/C14H11N5O/c1-19-7-10(6-17-19)11-8-20-13-3-2-12(18-14(11)13)9-4-15-16-5-9/h2-8H,1H3,(H,15,16). The molecule has 0 radical (unpaired) electrons. The smallest absolute Gasteiger partial charge is 0.153 e.